The zero-order valence-electron chi connectivity index (χ0n) is 13.6. The molecule has 0 radical (unpaired) electrons. The Morgan fingerprint density at radius 2 is 1.96 bits per heavy atom. The van der Waals surface area contributed by atoms with Crippen LogP contribution in [-0.2, 0) is 11.2 Å². The summed E-state index contributed by atoms with van der Waals surface area (Å²) in [6.07, 6.45) is 5.00. The molecule has 0 spiro atoms. The van der Waals surface area contributed by atoms with Crippen LogP contribution in [0.3, 0.4) is 0 Å². The molecule has 3 heterocycles. The Balaban J connectivity index is 1.56. The van der Waals surface area contributed by atoms with Gasteiger partial charge in [0, 0.05) is 29.5 Å². The second-order valence-electron chi connectivity index (χ2n) is 5.68. The smallest absolute Gasteiger partial charge is 0.231 e. The van der Waals surface area contributed by atoms with Crippen molar-refractivity contribution < 1.29 is 9.18 Å². The van der Waals surface area contributed by atoms with Crippen molar-refractivity contribution in [3.8, 4) is 11.3 Å². The van der Waals surface area contributed by atoms with Crippen LogP contribution in [0, 0.1) is 5.82 Å². The average molecular weight is 347 g/mol. The number of rotatable bonds is 4. The first-order valence-electron chi connectivity index (χ1n) is 7.99. The Morgan fingerprint density at radius 3 is 2.85 bits per heavy atom. The first kappa shape index (κ1) is 15.9. The SMILES string of the molecule is O=C(Cc1ccccc1F)Nc1nccc(-c2c[nH]c3ncccc23)n1. The molecule has 1 aromatic carbocycles. The lowest BCUT2D eigenvalue weighted by molar-refractivity contribution is -0.115. The number of aromatic amines is 1. The number of amides is 1. The second-order valence-corrected chi connectivity index (χ2v) is 5.68. The number of anilines is 1. The van der Waals surface area contributed by atoms with Gasteiger partial charge in [0.1, 0.15) is 11.5 Å². The number of nitrogens with zero attached hydrogens (tertiary/aromatic N) is 3. The number of hydrogen-bond donors (Lipinski definition) is 2. The normalized spacial score (nSPS) is 10.8. The average Bonchev–Trinajstić information content (AvgIpc) is 3.08. The summed E-state index contributed by atoms with van der Waals surface area (Å²) in [5.74, 6) is -0.626. The van der Waals surface area contributed by atoms with E-state index in [9.17, 15) is 9.18 Å². The third-order valence-electron chi connectivity index (χ3n) is 3.94. The van der Waals surface area contributed by atoms with Crippen LogP contribution in [0.15, 0.2) is 61.1 Å². The summed E-state index contributed by atoms with van der Waals surface area (Å²) in [5, 5.41) is 3.54. The molecule has 6 nitrogen and oxygen atoms in total. The van der Waals surface area contributed by atoms with E-state index in [4.69, 9.17) is 0 Å². The molecule has 1 amide bonds. The third kappa shape index (κ3) is 3.14. The maximum absolute atomic E-state index is 13.7. The van der Waals surface area contributed by atoms with Crippen LogP contribution in [0.4, 0.5) is 10.3 Å². The zero-order valence-corrected chi connectivity index (χ0v) is 13.6. The summed E-state index contributed by atoms with van der Waals surface area (Å²) < 4.78 is 13.7. The first-order chi connectivity index (χ1) is 12.7. The van der Waals surface area contributed by atoms with Crippen LogP contribution in [0.25, 0.3) is 22.3 Å². The van der Waals surface area contributed by atoms with Gasteiger partial charge >= 0.3 is 0 Å². The van der Waals surface area contributed by atoms with Crippen LogP contribution in [0.1, 0.15) is 5.56 Å². The van der Waals surface area contributed by atoms with Crippen molar-refractivity contribution in [2.75, 3.05) is 5.32 Å². The fraction of sp³-hybridized carbons (Fsp3) is 0.0526. The highest BCUT2D eigenvalue weighted by molar-refractivity contribution is 5.93. The van der Waals surface area contributed by atoms with E-state index in [0.29, 0.717) is 11.3 Å². The number of nitrogens with one attached hydrogen (secondary N) is 2. The summed E-state index contributed by atoms with van der Waals surface area (Å²) in [7, 11) is 0. The number of carbonyl (C=O) groups excluding carboxylic acids is 1. The monoisotopic (exact) mass is 347 g/mol. The number of carbonyl (C=O) groups is 1. The molecule has 0 aliphatic rings. The highest BCUT2D eigenvalue weighted by Crippen LogP contribution is 2.26. The summed E-state index contributed by atoms with van der Waals surface area (Å²) >= 11 is 0. The minimum atomic E-state index is -0.413. The van der Waals surface area contributed by atoms with Crippen molar-refractivity contribution >= 4 is 22.9 Å². The largest absolute Gasteiger partial charge is 0.345 e. The molecular weight excluding hydrogens is 333 g/mol. The summed E-state index contributed by atoms with van der Waals surface area (Å²) in [4.78, 5) is 28.0. The number of H-pyrrole nitrogens is 1. The van der Waals surface area contributed by atoms with Gasteiger partial charge in [0.15, 0.2) is 0 Å². The second kappa shape index (κ2) is 6.72. The van der Waals surface area contributed by atoms with Crippen molar-refractivity contribution in [2.45, 2.75) is 6.42 Å². The Bertz CT molecular complexity index is 1090. The van der Waals surface area contributed by atoms with Crippen LogP contribution < -0.4 is 5.32 Å². The van der Waals surface area contributed by atoms with Crippen molar-refractivity contribution in [1.82, 2.24) is 19.9 Å². The van der Waals surface area contributed by atoms with Crippen LogP contribution >= 0.6 is 0 Å². The first-order valence-corrected chi connectivity index (χ1v) is 7.99. The van der Waals surface area contributed by atoms with E-state index in [0.717, 1.165) is 16.6 Å². The predicted molar refractivity (Wildman–Crippen MR) is 95.9 cm³/mol. The van der Waals surface area contributed by atoms with E-state index in [1.54, 1.807) is 36.7 Å². The number of aromatic nitrogens is 4. The molecule has 4 aromatic rings. The fourth-order valence-corrected chi connectivity index (χ4v) is 2.72. The fourth-order valence-electron chi connectivity index (χ4n) is 2.72. The zero-order chi connectivity index (χ0) is 17.9. The van der Waals surface area contributed by atoms with E-state index in [1.165, 1.54) is 6.07 Å². The number of pyridine rings is 1. The minimum Gasteiger partial charge on any atom is -0.345 e. The van der Waals surface area contributed by atoms with Gasteiger partial charge < -0.3 is 4.98 Å². The third-order valence-corrected chi connectivity index (χ3v) is 3.94. The lowest BCUT2D eigenvalue weighted by Crippen LogP contribution is -2.17. The summed E-state index contributed by atoms with van der Waals surface area (Å²) in [5.41, 5.74) is 2.59. The molecule has 0 atom stereocenters. The Hall–Kier alpha value is -3.61. The van der Waals surface area contributed by atoms with Crippen molar-refractivity contribution in [1.29, 1.82) is 0 Å². The molecule has 7 heteroatoms. The van der Waals surface area contributed by atoms with Gasteiger partial charge in [-0.1, -0.05) is 18.2 Å². The van der Waals surface area contributed by atoms with Crippen molar-refractivity contribution in [3.63, 3.8) is 0 Å². The topological polar surface area (TPSA) is 83.6 Å². The number of benzene rings is 1. The summed E-state index contributed by atoms with van der Waals surface area (Å²) in [6, 6.07) is 11.7. The Morgan fingerprint density at radius 1 is 1.08 bits per heavy atom. The number of hydrogen-bond acceptors (Lipinski definition) is 4. The maximum atomic E-state index is 13.7. The molecule has 128 valence electrons. The molecule has 0 aliphatic heterocycles. The highest BCUT2D eigenvalue weighted by atomic mass is 19.1. The van der Waals surface area contributed by atoms with Crippen LogP contribution in [0.2, 0.25) is 0 Å². The van der Waals surface area contributed by atoms with Gasteiger partial charge in [0.05, 0.1) is 12.1 Å². The quantitative estimate of drug-likeness (QED) is 0.593. The van der Waals surface area contributed by atoms with Crippen molar-refractivity contribution in [2.24, 2.45) is 0 Å². The van der Waals surface area contributed by atoms with E-state index in [2.05, 4.69) is 25.3 Å². The number of fused-ring (bicyclic) bond motifs is 1. The molecule has 0 saturated carbocycles. The van der Waals surface area contributed by atoms with Gasteiger partial charge in [0.25, 0.3) is 0 Å². The lowest BCUT2D eigenvalue weighted by atomic mass is 10.1. The van der Waals surface area contributed by atoms with Gasteiger partial charge in [-0.25, -0.2) is 19.3 Å². The number of halogens is 1. The molecule has 0 fully saturated rings. The maximum Gasteiger partial charge on any atom is 0.231 e. The molecule has 2 N–H and O–H groups in total. The Labute approximate surface area is 148 Å². The molecular formula is C19H14FN5O. The van der Waals surface area contributed by atoms with E-state index in [-0.39, 0.29) is 18.3 Å². The van der Waals surface area contributed by atoms with Gasteiger partial charge in [-0.3, -0.25) is 10.1 Å². The standard InChI is InChI=1S/C19H14FN5O/c20-15-6-2-1-4-12(15)10-17(26)25-19-22-9-7-16(24-19)14-11-23-18-13(14)5-3-8-21-18/h1-9,11H,10H2,(H,21,23)(H,22,24,25,26). The van der Waals surface area contributed by atoms with Gasteiger partial charge in [-0.05, 0) is 29.8 Å². The molecule has 0 bridgehead atoms. The van der Waals surface area contributed by atoms with Crippen LogP contribution in [-0.4, -0.2) is 25.8 Å². The lowest BCUT2D eigenvalue weighted by Gasteiger charge is -2.06. The minimum absolute atomic E-state index is 0.0860. The van der Waals surface area contributed by atoms with E-state index >= 15 is 0 Å². The van der Waals surface area contributed by atoms with E-state index < -0.39 is 5.82 Å². The highest BCUT2D eigenvalue weighted by Gasteiger charge is 2.12. The molecule has 4 rings (SSSR count). The molecule has 0 saturated heterocycles. The van der Waals surface area contributed by atoms with Gasteiger partial charge in [-0.2, -0.15) is 0 Å². The molecule has 0 unspecified atom stereocenters. The molecule has 3 aromatic heterocycles. The summed E-state index contributed by atoms with van der Waals surface area (Å²) in [6.45, 7) is 0. The van der Waals surface area contributed by atoms with Gasteiger partial charge in [0.2, 0.25) is 11.9 Å². The van der Waals surface area contributed by atoms with E-state index in [1.807, 2.05) is 18.3 Å². The Kier molecular flexibility index (Phi) is 4.10. The molecule has 26 heavy (non-hydrogen) atoms. The molecule has 0 aliphatic carbocycles. The van der Waals surface area contributed by atoms with Crippen molar-refractivity contribution in [3.05, 3.63) is 72.4 Å². The van der Waals surface area contributed by atoms with Crippen LogP contribution in [0.5, 0.6) is 0 Å². The predicted octanol–water partition coefficient (Wildman–Crippen LogP) is 3.34. The van der Waals surface area contributed by atoms with Gasteiger partial charge in [-0.15, -0.1) is 0 Å².